The van der Waals surface area contributed by atoms with Crippen LogP contribution in [0.4, 0.5) is 20.6 Å². The summed E-state index contributed by atoms with van der Waals surface area (Å²) in [5.74, 6) is -0.389. The molecule has 0 spiro atoms. The first kappa shape index (κ1) is 20.8. The zero-order valence-electron chi connectivity index (χ0n) is 16.0. The number of carbonyl (C=O) groups is 1. The molecule has 1 aliphatic rings. The number of thioether (sulfide) groups is 1. The van der Waals surface area contributed by atoms with Crippen molar-refractivity contribution in [2.75, 3.05) is 37.3 Å². The van der Waals surface area contributed by atoms with Gasteiger partial charge in [-0.1, -0.05) is 17.8 Å². The minimum atomic E-state index is -0.552. The van der Waals surface area contributed by atoms with Crippen LogP contribution in [0.3, 0.4) is 0 Å². The van der Waals surface area contributed by atoms with Gasteiger partial charge in [0, 0.05) is 26.2 Å². The second kappa shape index (κ2) is 8.95. The highest BCUT2D eigenvalue weighted by atomic mass is 32.2. The minimum Gasteiger partial charge on any atom is -0.444 e. The van der Waals surface area contributed by atoms with Gasteiger partial charge in [-0.3, -0.25) is 5.32 Å². The third kappa shape index (κ3) is 5.76. The fourth-order valence-corrected chi connectivity index (χ4v) is 2.97. The molecule has 0 saturated carbocycles. The van der Waals surface area contributed by atoms with Gasteiger partial charge in [-0.15, -0.1) is 0 Å². The van der Waals surface area contributed by atoms with Crippen molar-refractivity contribution in [2.24, 2.45) is 4.99 Å². The molecule has 0 aromatic heterocycles. The maximum atomic E-state index is 14.5. The van der Waals surface area contributed by atoms with Crippen molar-refractivity contribution in [1.29, 1.82) is 5.26 Å². The molecule has 0 radical (unpaired) electrons. The van der Waals surface area contributed by atoms with Crippen molar-refractivity contribution in [1.82, 2.24) is 10.2 Å². The predicted molar refractivity (Wildman–Crippen MR) is 106 cm³/mol. The Morgan fingerprint density at radius 3 is 2.56 bits per heavy atom. The molecule has 1 heterocycles. The van der Waals surface area contributed by atoms with Crippen LogP contribution in [0.1, 0.15) is 20.8 Å². The number of carbonyl (C=O) groups excluding carboxylic acids is 1. The van der Waals surface area contributed by atoms with Crippen LogP contribution in [-0.2, 0) is 4.74 Å². The lowest BCUT2D eigenvalue weighted by Crippen LogP contribution is -2.50. The average Bonchev–Trinajstić information content (AvgIpc) is 2.60. The summed E-state index contributed by atoms with van der Waals surface area (Å²) in [6.07, 6.45) is 3.24. The summed E-state index contributed by atoms with van der Waals surface area (Å²) in [6, 6.07) is 4.66. The van der Waals surface area contributed by atoms with E-state index in [2.05, 4.69) is 10.3 Å². The minimum absolute atomic E-state index is 0.364. The molecule has 1 amide bonds. The molecule has 1 N–H and O–H groups in total. The third-order valence-electron chi connectivity index (χ3n) is 3.79. The van der Waals surface area contributed by atoms with E-state index in [1.165, 1.54) is 17.8 Å². The smallest absolute Gasteiger partial charge is 0.410 e. The summed E-state index contributed by atoms with van der Waals surface area (Å²) in [5.41, 5.74) is 0.254. The Kier molecular flexibility index (Phi) is 6.91. The molecule has 1 saturated heterocycles. The van der Waals surface area contributed by atoms with E-state index >= 15 is 0 Å². The molecule has 1 fully saturated rings. The fourth-order valence-electron chi connectivity index (χ4n) is 2.63. The Labute approximate surface area is 163 Å². The molecule has 1 aromatic carbocycles. The number of benzene rings is 1. The van der Waals surface area contributed by atoms with Crippen molar-refractivity contribution in [3.63, 3.8) is 0 Å². The fraction of sp³-hybridized carbons (Fsp3) is 0.500. The number of halogens is 1. The van der Waals surface area contributed by atoms with Crippen molar-refractivity contribution >= 4 is 34.4 Å². The highest BCUT2D eigenvalue weighted by Gasteiger charge is 2.27. The number of nitriles is 1. The molecule has 1 aliphatic heterocycles. The predicted octanol–water partition coefficient (Wildman–Crippen LogP) is 3.30. The lowest BCUT2D eigenvalue weighted by atomic mass is 10.2. The number of aliphatic imine (C=N–C) groups is 1. The van der Waals surface area contributed by atoms with Crippen LogP contribution < -0.4 is 10.2 Å². The van der Waals surface area contributed by atoms with Crippen LogP contribution in [0, 0.1) is 17.3 Å². The van der Waals surface area contributed by atoms with E-state index in [9.17, 15) is 9.18 Å². The number of amides is 1. The van der Waals surface area contributed by atoms with E-state index in [4.69, 9.17) is 10.00 Å². The van der Waals surface area contributed by atoms with Gasteiger partial charge in [0.2, 0.25) is 0 Å². The third-order valence-corrected chi connectivity index (χ3v) is 4.37. The lowest BCUT2D eigenvalue weighted by molar-refractivity contribution is 0.0240. The van der Waals surface area contributed by atoms with Gasteiger partial charge in [0.05, 0.1) is 11.4 Å². The maximum Gasteiger partial charge on any atom is 0.410 e. The average molecular weight is 393 g/mol. The standard InChI is InChI=1S/C18H24FN5O2S/c1-18(2,3)26-17(25)24-10-8-23(9-11-24)15-13(19)6-5-7-14(15)22-16(27-4)21-12-20/h5-7H,8-11H2,1-4H3,(H,21,22). The summed E-state index contributed by atoms with van der Waals surface area (Å²) >= 11 is 1.27. The first-order valence-electron chi connectivity index (χ1n) is 8.54. The van der Waals surface area contributed by atoms with Crippen molar-refractivity contribution < 1.29 is 13.9 Å². The molecular formula is C18H24FN5O2S. The van der Waals surface area contributed by atoms with Gasteiger partial charge in [-0.2, -0.15) is 5.26 Å². The zero-order chi connectivity index (χ0) is 20.0. The maximum absolute atomic E-state index is 14.5. The van der Waals surface area contributed by atoms with E-state index < -0.39 is 5.60 Å². The van der Waals surface area contributed by atoms with Crippen LogP contribution >= 0.6 is 11.8 Å². The molecule has 1 aromatic rings. The summed E-state index contributed by atoms with van der Waals surface area (Å²) < 4.78 is 19.9. The Morgan fingerprint density at radius 1 is 1.33 bits per heavy atom. The summed E-state index contributed by atoms with van der Waals surface area (Å²) in [4.78, 5) is 20.0. The highest BCUT2D eigenvalue weighted by Crippen LogP contribution is 2.33. The van der Waals surface area contributed by atoms with Crippen LogP contribution in [0.2, 0.25) is 0 Å². The number of hydrogen-bond acceptors (Lipinski definition) is 6. The summed E-state index contributed by atoms with van der Waals surface area (Å²) in [7, 11) is 0. The number of hydrogen-bond donors (Lipinski definition) is 1. The molecule has 0 atom stereocenters. The quantitative estimate of drug-likeness (QED) is 0.359. The number of anilines is 1. The van der Waals surface area contributed by atoms with E-state index in [0.29, 0.717) is 42.7 Å². The molecule has 0 aliphatic carbocycles. The summed E-state index contributed by atoms with van der Waals surface area (Å²) in [5, 5.41) is 11.7. The molecule has 0 unspecified atom stereocenters. The van der Waals surface area contributed by atoms with Gasteiger partial charge in [0.25, 0.3) is 0 Å². The summed E-state index contributed by atoms with van der Waals surface area (Å²) in [6.45, 7) is 7.25. The normalized spacial score (nSPS) is 15.3. The van der Waals surface area contributed by atoms with Crippen LogP contribution in [0.15, 0.2) is 23.2 Å². The van der Waals surface area contributed by atoms with Gasteiger partial charge in [-0.05, 0) is 39.2 Å². The molecular weight excluding hydrogens is 369 g/mol. The van der Waals surface area contributed by atoms with Gasteiger partial charge in [0.1, 0.15) is 11.4 Å². The van der Waals surface area contributed by atoms with Gasteiger partial charge >= 0.3 is 6.09 Å². The van der Waals surface area contributed by atoms with Gasteiger partial charge in [-0.25, -0.2) is 14.2 Å². The number of ether oxygens (including phenoxy) is 1. The Morgan fingerprint density at radius 2 is 2.00 bits per heavy atom. The second-order valence-electron chi connectivity index (χ2n) is 6.92. The van der Waals surface area contributed by atoms with E-state index in [-0.39, 0.29) is 11.9 Å². The topological polar surface area (TPSA) is 81.0 Å². The monoisotopic (exact) mass is 393 g/mol. The molecule has 7 nitrogen and oxygen atoms in total. The van der Waals surface area contributed by atoms with Crippen LogP contribution in [0.25, 0.3) is 0 Å². The number of piperazine rings is 1. The Hall–Kier alpha value is -2.47. The SMILES string of the molecule is CSC(=Nc1cccc(F)c1N1CCN(C(=O)OC(C)(C)C)CC1)NC#N. The van der Waals surface area contributed by atoms with Crippen molar-refractivity contribution in [3.8, 4) is 6.19 Å². The second-order valence-corrected chi connectivity index (χ2v) is 7.71. The number of rotatable bonds is 2. The number of nitrogens with one attached hydrogen (secondary N) is 1. The first-order valence-corrected chi connectivity index (χ1v) is 9.77. The molecule has 9 heteroatoms. The Balaban J connectivity index is 2.16. The van der Waals surface area contributed by atoms with Crippen molar-refractivity contribution in [2.45, 2.75) is 26.4 Å². The number of para-hydroxylation sites is 1. The van der Waals surface area contributed by atoms with Gasteiger partial charge < -0.3 is 14.5 Å². The van der Waals surface area contributed by atoms with E-state index in [1.807, 2.05) is 31.9 Å². The molecule has 2 rings (SSSR count). The van der Waals surface area contributed by atoms with E-state index in [1.54, 1.807) is 23.3 Å². The van der Waals surface area contributed by atoms with Crippen LogP contribution in [0.5, 0.6) is 0 Å². The number of nitrogens with zero attached hydrogens (tertiary/aromatic N) is 4. The molecule has 27 heavy (non-hydrogen) atoms. The first-order chi connectivity index (χ1) is 12.7. The lowest BCUT2D eigenvalue weighted by Gasteiger charge is -2.37. The Bertz CT molecular complexity index is 749. The van der Waals surface area contributed by atoms with Gasteiger partial charge in [0.15, 0.2) is 11.4 Å². The van der Waals surface area contributed by atoms with Crippen LogP contribution in [-0.4, -0.2) is 54.2 Å². The highest BCUT2D eigenvalue weighted by molar-refractivity contribution is 8.13. The van der Waals surface area contributed by atoms with Crippen molar-refractivity contribution in [3.05, 3.63) is 24.0 Å². The molecule has 146 valence electrons. The zero-order valence-corrected chi connectivity index (χ0v) is 16.8. The number of amidine groups is 1. The molecule has 0 bridgehead atoms. The van der Waals surface area contributed by atoms with E-state index in [0.717, 1.165) is 0 Å². The largest absolute Gasteiger partial charge is 0.444 e.